The number of H-pyrrole nitrogens is 1. The summed E-state index contributed by atoms with van der Waals surface area (Å²) in [5, 5.41) is 8.93. The molecule has 6 heteroatoms. The van der Waals surface area contributed by atoms with E-state index < -0.39 is 22.9 Å². The average molecular weight is 174 g/mol. The molecule has 0 amide bonds. The van der Waals surface area contributed by atoms with Crippen molar-refractivity contribution in [2.24, 2.45) is 0 Å². The number of hydrogen-bond acceptors (Lipinski definition) is 3. The summed E-state index contributed by atoms with van der Waals surface area (Å²) in [6.45, 7) is 1.64. The Kier molecular flexibility index (Phi) is 1.99. The normalized spacial score (nSPS) is 10.2. The molecule has 0 aromatic carbocycles. The molecule has 1 aromatic rings. The molecule has 0 aliphatic carbocycles. The van der Waals surface area contributed by atoms with E-state index in [1.807, 2.05) is 0 Å². The van der Waals surface area contributed by atoms with Crippen molar-refractivity contribution in [1.29, 1.82) is 0 Å². The third kappa shape index (κ3) is 1.11. The Morgan fingerprint density at radius 3 is 2.67 bits per heavy atom. The van der Waals surface area contributed by atoms with E-state index in [1.165, 1.54) is 0 Å². The molecule has 0 spiro atoms. The van der Waals surface area contributed by atoms with E-state index in [-0.39, 0.29) is 6.54 Å². The van der Waals surface area contributed by atoms with Crippen molar-refractivity contribution >= 4 is 0 Å². The van der Waals surface area contributed by atoms with Crippen molar-refractivity contribution in [1.82, 2.24) is 9.55 Å². The zero-order chi connectivity index (χ0) is 9.30. The number of aromatic amines is 1. The number of nitrogens with zero attached hydrogens (tertiary/aromatic N) is 1. The van der Waals surface area contributed by atoms with Crippen LogP contribution in [0.25, 0.3) is 0 Å². The molecule has 0 fully saturated rings. The molecule has 5 nitrogen and oxygen atoms in total. The number of aromatic hydroxyl groups is 1. The Bertz CT molecular complexity index is 406. The molecule has 0 saturated heterocycles. The highest BCUT2D eigenvalue weighted by atomic mass is 19.1. The predicted octanol–water partition coefficient (Wildman–Crippen LogP) is -0.599. The van der Waals surface area contributed by atoms with Crippen LogP contribution in [-0.4, -0.2) is 14.7 Å². The van der Waals surface area contributed by atoms with Gasteiger partial charge < -0.3 is 5.11 Å². The summed E-state index contributed by atoms with van der Waals surface area (Å²) >= 11 is 0. The van der Waals surface area contributed by atoms with Crippen LogP contribution in [0.5, 0.6) is 5.88 Å². The first kappa shape index (κ1) is 8.51. The van der Waals surface area contributed by atoms with Gasteiger partial charge in [-0.05, 0) is 6.92 Å². The quantitative estimate of drug-likeness (QED) is 0.597. The molecular weight excluding hydrogens is 167 g/mol. The lowest BCUT2D eigenvalue weighted by molar-refractivity contribution is 0.364. The fourth-order valence-corrected chi connectivity index (χ4v) is 0.829. The molecule has 0 radical (unpaired) electrons. The van der Waals surface area contributed by atoms with E-state index in [9.17, 15) is 14.0 Å². The highest BCUT2D eigenvalue weighted by Gasteiger charge is 2.11. The van der Waals surface area contributed by atoms with Crippen LogP contribution in [0.15, 0.2) is 9.59 Å². The number of rotatable bonds is 1. The van der Waals surface area contributed by atoms with E-state index in [0.29, 0.717) is 0 Å². The van der Waals surface area contributed by atoms with Gasteiger partial charge in [-0.3, -0.25) is 14.3 Å². The molecule has 1 heterocycles. The maximum atomic E-state index is 12.6. The van der Waals surface area contributed by atoms with Gasteiger partial charge in [0.1, 0.15) is 0 Å². The third-order valence-electron chi connectivity index (χ3n) is 1.43. The number of nitrogens with one attached hydrogen (secondary N) is 1. The lowest BCUT2D eigenvalue weighted by Gasteiger charge is -2.02. The van der Waals surface area contributed by atoms with Crippen LogP contribution in [0.3, 0.4) is 0 Å². The third-order valence-corrected chi connectivity index (χ3v) is 1.43. The van der Waals surface area contributed by atoms with E-state index in [4.69, 9.17) is 5.11 Å². The van der Waals surface area contributed by atoms with Crippen LogP contribution in [0.4, 0.5) is 4.39 Å². The smallest absolute Gasteiger partial charge is 0.331 e. The molecule has 0 aliphatic heterocycles. The second-order valence-corrected chi connectivity index (χ2v) is 2.14. The Morgan fingerprint density at radius 1 is 1.58 bits per heavy atom. The second-order valence-electron chi connectivity index (χ2n) is 2.14. The maximum Gasteiger partial charge on any atom is 0.331 e. The van der Waals surface area contributed by atoms with Crippen LogP contribution >= 0.6 is 0 Å². The van der Waals surface area contributed by atoms with Crippen LogP contribution in [-0.2, 0) is 6.54 Å². The molecule has 2 N–H and O–H groups in total. The molecule has 0 atom stereocenters. The zero-order valence-corrected chi connectivity index (χ0v) is 6.30. The van der Waals surface area contributed by atoms with E-state index in [1.54, 1.807) is 11.9 Å². The Balaban J connectivity index is 3.63. The fourth-order valence-electron chi connectivity index (χ4n) is 0.829. The van der Waals surface area contributed by atoms with Crippen molar-refractivity contribution in [3.63, 3.8) is 0 Å². The zero-order valence-electron chi connectivity index (χ0n) is 6.30. The van der Waals surface area contributed by atoms with Gasteiger partial charge in [0.25, 0.3) is 5.56 Å². The summed E-state index contributed by atoms with van der Waals surface area (Å²) in [6, 6.07) is 0. The summed E-state index contributed by atoms with van der Waals surface area (Å²) < 4.78 is 13.3. The van der Waals surface area contributed by atoms with Gasteiger partial charge in [0.2, 0.25) is 11.7 Å². The van der Waals surface area contributed by atoms with Crippen molar-refractivity contribution in [3.8, 4) is 5.88 Å². The first-order valence-electron chi connectivity index (χ1n) is 3.29. The van der Waals surface area contributed by atoms with E-state index >= 15 is 0 Å². The summed E-state index contributed by atoms with van der Waals surface area (Å²) in [4.78, 5) is 23.1. The lowest BCUT2D eigenvalue weighted by Crippen LogP contribution is -2.31. The van der Waals surface area contributed by atoms with Crippen LogP contribution in [0.2, 0.25) is 0 Å². The molecule has 1 rings (SSSR count). The summed E-state index contributed by atoms with van der Waals surface area (Å²) in [5.74, 6) is -2.26. The van der Waals surface area contributed by atoms with Gasteiger partial charge in [-0.25, -0.2) is 4.79 Å². The van der Waals surface area contributed by atoms with E-state index in [2.05, 4.69) is 0 Å². The molecule has 1 aromatic heterocycles. The predicted molar refractivity (Wildman–Crippen MR) is 38.6 cm³/mol. The average Bonchev–Trinajstić information content (AvgIpc) is 2.01. The molecule has 66 valence electrons. The summed E-state index contributed by atoms with van der Waals surface area (Å²) in [6.07, 6.45) is 0. The van der Waals surface area contributed by atoms with Crippen LogP contribution < -0.4 is 11.2 Å². The lowest BCUT2D eigenvalue weighted by atomic mass is 10.5. The SMILES string of the molecule is CCn1c(O)c(F)c(=O)[nH]c1=O. The van der Waals surface area contributed by atoms with Crippen molar-refractivity contribution in [3.05, 3.63) is 26.7 Å². The summed E-state index contributed by atoms with van der Waals surface area (Å²) in [7, 11) is 0. The van der Waals surface area contributed by atoms with Gasteiger partial charge in [-0.2, -0.15) is 4.39 Å². The molecule has 12 heavy (non-hydrogen) atoms. The number of hydrogen-bond donors (Lipinski definition) is 2. The van der Waals surface area contributed by atoms with Gasteiger partial charge in [0.15, 0.2) is 0 Å². The van der Waals surface area contributed by atoms with Gasteiger partial charge in [-0.15, -0.1) is 0 Å². The van der Waals surface area contributed by atoms with Gasteiger partial charge in [-0.1, -0.05) is 0 Å². The fraction of sp³-hybridized carbons (Fsp3) is 0.333. The minimum absolute atomic E-state index is 0.0956. The van der Waals surface area contributed by atoms with Crippen molar-refractivity contribution in [2.75, 3.05) is 0 Å². The Labute approximate surface area is 66.1 Å². The largest absolute Gasteiger partial charge is 0.492 e. The maximum absolute atomic E-state index is 12.6. The monoisotopic (exact) mass is 174 g/mol. The van der Waals surface area contributed by atoms with Crippen LogP contribution in [0.1, 0.15) is 6.92 Å². The molecule has 0 unspecified atom stereocenters. The minimum atomic E-state index is -1.34. The topological polar surface area (TPSA) is 75.1 Å². The van der Waals surface area contributed by atoms with Gasteiger partial charge >= 0.3 is 5.69 Å². The first-order valence-corrected chi connectivity index (χ1v) is 3.29. The molecule has 0 bridgehead atoms. The second kappa shape index (κ2) is 2.80. The summed E-state index contributed by atoms with van der Waals surface area (Å²) in [5.41, 5.74) is -2.02. The number of aromatic nitrogens is 2. The Hall–Kier alpha value is -1.59. The highest BCUT2D eigenvalue weighted by Crippen LogP contribution is 2.05. The first-order chi connectivity index (χ1) is 5.57. The van der Waals surface area contributed by atoms with Gasteiger partial charge in [0, 0.05) is 6.54 Å². The van der Waals surface area contributed by atoms with Gasteiger partial charge in [0.05, 0.1) is 0 Å². The standard InChI is InChI=1S/C6H7FN2O3/c1-2-9-5(11)3(7)4(10)8-6(9)12/h11H,2H2,1H3,(H,8,10,12). The van der Waals surface area contributed by atoms with Crippen molar-refractivity contribution in [2.45, 2.75) is 13.5 Å². The molecular formula is C6H7FN2O3. The highest BCUT2D eigenvalue weighted by molar-refractivity contribution is 5.09. The van der Waals surface area contributed by atoms with Crippen LogP contribution in [0, 0.1) is 5.82 Å². The van der Waals surface area contributed by atoms with E-state index in [0.717, 1.165) is 4.57 Å². The number of halogens is 1. The Morgan fingerprint density at radius 2 is 2.17 bits per heavy atom. The molecule has 0 saturated carbocycles. The minimum Gasteiger partial charge on any atom is -0.492 e. The molecule has 0 aliphatic rings. The van der Waals surface area contributed by atoms with Crippen molar-refractivity contribution < 1.29 is 9.50 Å².